The highest BCUT2D eigenvalue weighted by Crippen LogP contribution is 2.36. The maximum Gasteiger partial charge on any atom is 0.325 e. The number of likely N-dealkylation sites (tertiary alicyclic amines) is 1. The minimum absolute atomic E-state index is 0.0120. The van der Waals surface area contributed by atoms with Gasteiger partial charge in [0.25, 0.3) is 5.91 Å². The number of urea groups is 1. The maximum absolute atomic E-state index is 13.8. The Labute approximate surface area is 178 Å². The number of nitrogens with one attached hydrogen (secondary N) is 1. The Kier molecular flexibility index (Phi) is 7.47. The average molecular weight is 420 g/mol. The quantitative estimate of drug-likeness (QED) is 0.625. The lowest BCUT2D eigenvalue weighted by Crippen LogP contribution is -2.57. The molecule has 6 nitrogen and oxygen atoms in total. The number of nitrogens with zero attached hydrogens (tertiary/aromatic N) is 2. The first kappa shape index (κ1) is 22.7. The zero-order valence-corrected chi connectivity index (χ0v) is 18.3. The van der Waals surface area contributed by atoms with Crippen molar-refractivity contribution in [3.8, 4) is 0 Å². The fourth-order valence-electron chi connectivity index (χ4n) is 4.72. The van der Waals surface area contributed by atoms with Gasteiger partial charge in [-0.2, -0.15) is 0 Å². The minimum atomic E-state index is -1.03. The fourth-order valence-corrected chi connectivity index (χ4v) is 4.72. The van der Waals surface area contributed by atoms with Gasteiger partial charge in [0.05, 0.1) is 13.2 Å². The maximum atomic E-state index is 13.8. The third-order valence-electron chi connectivity index (χ3n) is 6.64. The standard InChI is InChI=1S/C23H34FN3O3/c1-4-17(2)16-26-10-8-19(9-11-26)23(15-18-6-5-7-20(24)14-18)21(28)27(12-13-30-3)22(29)25-23/h5-7,14,17,19H,4,8-13,15-16H2,1-3H3,(H,25,29)/t17-,23+/m0/s1. The summed E-state index contributed by atoms with van der Waals surface area (Å²) < 4.78 is 18.9. The first-order valence-electron chi connectivity index (χ1n) is 11.0. The molecule has 0 aliphatic carbocycles. The predicted octanol–water partition coefficient (Wildman–Crippen LogP) is 3.06. The molecule has 1 aromatic rings. The number of halogens is 1. The number of benzene rings is 1. The third kappa shape index (κ3) is 4.83. The van der Waals surface area contributed by atoms with E-state index >= 15 is 0 Å². The number of methoxy groups -OCH3 is 1. The molecule has 2 heterocycles. The molecule has 0 aromatic heterocycles. The Morgan fingerprint density at radius 1 is 1.30 bits per heavy atom. The molecule has 0 bridgehead atoms. The summed E-state index contributed by atoms with van der Waals surface area (Å²) in [6, 6.07) is 5.94. The Morgan fingerprint density at radius 3 is 2.67 bits per heavy atom. The first-order chi connectivity index (χ1) is 14.4. The minimum Gasteiger partial charge on any atom is -0.383 e. The van der Waals surface area contributed by atoms with Crippen LogP contribution in [0.2, 0.25) is 0 Å². The molecule has 2 atom stereocenters. The lowest BCUT2D eigenvalue weighted by Gasteiger charge is -2.41. The van der Waals surface area contributed by atoms with Crippen LogP contribution < -0.4 is 5.32 Å². The number of hydrogen-bond acceptors (Lipinski definition) is 4. The first-order valence-corrected chi connectivity index (χ1v) is 11.0. The lowest BCUT2D eigenvalue weighted by atomic mass is 9.73. The lowest BCUT2D eigenvalue weighted by molar-refractivity contribution is -0.134. The smallest absolute Gasteiger partial charge is 0.325 e. The molecule has 3 amide bonds. The normalized spacial score (nSPS) is 24.3. The van der Waals surface area contributed by atoms with Crippen LogP contribution in [0, 0.1) is 17.7 Å². The molecule has 30 heavy (non-hydrogen) atoms. The number of rotatable bonds is 9. The van der Waals surface area contributed by atoms with E-state index < -0.39 is 5.54 Å². The van der Waals surface area contributed by atoms with Crippen molar-refractivity contribution in [1.29, 1.82) is 0 Å². The Morgan fingerprint density at radius 2 is 2.03 bits per heavy atom. The number of ether oxygens (including phenoxy) is 1. The van der Waals surface area contributed by atoms with Crippen molar-refractivity contribution in [2.75, 3.05) is 39.9 Å². The van der Waals surface area contributed by atoms with Crippen molar-refractivity contribution < 1.29 is 18.7 Å². The molecule has 3 rings (SSSR count). The summed E-state index contributed by atoms with van der Waals surface area (Å²) in [6.07, 6.45) is 3.10. The van der Waals surface area contributed by atoms with Gasteiger partial charge in [-0.15, -0.1) is 0 Å². The number of hydrogen-bond donors (Lipinski definition) is 1. The van der Waals surface area contributed by atoms with E-state index in [1.54, 1.807) is 13.2 Å². The summed E-state index contributed by atoms with van der Waals surface area (Å²) >= 11 is 0. The van der Waals surface area contributed by atoms with Gasteiger partial charge in [0.1, 0.15) is 11.4 Å². The molecule has 2 fully saturated rings. The van der Waals surface area contributed by atoms with Crippen molar-refractivity contribution in [2.45, 2.75) is 45.1 Å². The van der Waals surface area contributed by atoms with Crippen LogP contribution in [-0.2, 0) is 16.0 Å². The molecule has 2 saturated heterocycles. The molecule has 1 N–H and O–H groups in total. The third-order valence-corrected chi connectivity index (χ3v) is 6.64. The van der Waals surface area contributed by atoms with E-state index in [0.29, 0.717) is 18.9 Å². The van der Waals surface area contributed by atoms with Gasteiger partial charge in [0.2, 0.25) is 0 Å². The van der Waals surface area contributed by atoms with Crippen molar-refractivity contribution in [2.24, 2.45) is 11.8 Å². The van der Waals surface area contributed by atoms with Crippen LogP contribution in [0.5, 0.6) is 0 Å². The molecule has 0 unspecified atom stereocenters. The molecular weight excluding hydrogens is 385 g/mol. The molecule has 0 spiro atoms. The van der Waals surface area contributed by atoms with Crippen molar-refractivity contribution in [3.63, 3.8) is 0 Å². The highest BCUT2D eigenvalue weighted by Gasteiger charge is 2.55. The molecule has 0 saturated carbocycles. The molecule has 0 radical (unpaired) electrons. The molecule has 2 aliphatic heterocycles. The van der Waals surface area contributed by atoms with Gasteiger partial charge in [-0.1, -0.05) is 32.4 Å². The zero-order valence-electron chi connectivity index (χ0n) is 18.3. The van der Waals surface area contributed by atoms with Crippen molar-refractivity contribution in [1.82, 2.24) is 15.1 Å². The van der Waals surface area contributed by atoms with Gasteiger partial charge in [-0.3, -0.25) is 9.69 Å². The summed E-state index contributed by atoms with van der Waals surface area (Å²) in [5.41, 5.74) is -0.305. The molecule has 166 valence electrons. The van der Waals surface area contributed by atoms with Gasteiger partial charge in [0.15, 0.2) is 0 Å². The van der Waals surface area contributed by atoms with Crippen LogP contribution in [0.25, 0.3) is 0 Å². The SMILES string of the molecule is CC[C@H](C)CN1CCC([C@@]2(Cc3cccc(F)c3)NC(=O)N(CCOC)C2=O)CC1. The number of amides is 3. The molecule has 7 heteroatoms. The van der Waals surface area contributed by atoms with Crippen LogP contribution in [0.15, 0.2) is 24.3 Å². The van der Waals surface area contributed by atoms with E-state index in [2.05, 4.69) is 24.1 Å². The van der Waals surface area contributed by atoms with Gasteiger partial charge < -0.3 is 15.0 Å². The zero-order chi connectivity index (χ0) is 21.7. The highest BCUT2D eigenvalue weighted by atomic mass is 19.1. The average Bonchev–Trinajstić information content (AvgIpc) is 2.97. The Balaban J connectivity index is 1.82. The van der Waals surface area contributed by atoms with E-state index in [1.165, 1.54) is 17.0 Å². The second kappa shape index (κ2) is 9.88. The van der Waals surface area contributed by atoms with Gasteiger partial charge in [-0.25, -0.2) is 9.18 Å². The van der Waals surface area contributed by atoms with E-state index in [-0.39, 0.29) is 30.2 Å². The Bertz CT molecular complexity index is 751. The summed E-state index contributed by atoms with van der Waals surface area (Å²) in [7, 11) is 1.55. The van der Waals surface area contributed by atoms with E-state index in [4.69, 9.17) is 4.74 Å². The summed E-state index contributed by atoms with van der Waals surface area (Å²) in [6.45, 7) is 7.84. The van der Waals surface area contributed by atoms with Crippen LogP contribution in [0.3, 0.4) is 0 Å². The largest absolute Gasteiger partial charge is 0.383 e. The number of imide groups is 1. The van der Waals surface area contributed by atoms with Gasteiger partial charge in [0, 0.05) is 20.1 Å². The van der Waals surface area contributed by atoms with Crippen LogP contribution >= 0.6 is 0 Å². The second-order valence-electron chi connectivity index (χ2n) is 8.75. The number of piperidine rings is 1. The molecular formula is C23H34FN3O3. The molecule has 1 aromatic carbocycles. The van der Waals surface area contributed by atoms with Crippen LogP contribution in [0.4, 0.5) is 9.18 Å². The number of carbonyl (C=O) groups excluding carboxylic acids is 2. The highest BCUT2D eigenvalue weighted by molar-refractivity contribution is 6.07. The van der Waals surface area contributed by atoms with Crippen LogP contribution in [0.1, 0.15) is 38.7 Å². The van der Waals surface area contributed by atoms with Crippen LogP contribution in [-0.4, -0.2) is 67.2 Å². The van der Waals surface area contributed by atoms with Crippen molar-refractivity contribution >= 4 is 11.9 Å². The van der Waals surface area contributed by atoms with E-state index in [9.17, 15) is 14.0 Å². The van der Waals surface area contributed by atoms with E-state index in [0.717, 1.165) is 44.5 Å². The fraction of sp³-hybridized carbons (Fsp3) is 0.652. The second-order valence-corrected chi connectivity index (χ2v) is 8.75. The van der Waals surface area contributed by atoms with Crippen molar-refractivity contribution in [3.05, 3.63) is 35.6 Å². The topological polar surface area (TPSA) is 61.9 Å². The number of carbonyl (C=O) groups is 2. The summed E-state index contributed by atoms with van der Waals surface area (Å²) in [4.78, 5) is 29.9. The van der Waals surface area contributed by atoms with Gasteiger partial charge in [-0.05, 0) is 55.5 Å². The molecule has 2 aliphatic rings. The Hall–Kier alpha value is -1.99. The summed E-state index contributed by atoms with van der Waals surface area (Å²) in [5.74, 6) is 0.103. The monoisotopic (exact) mass is 419 g/mol. The van der Waals surface area contributed by atoms with E-state index in [1.807, 2.05) is 6.07 Å². The summed E-state index contributed by atoms with van der Waals surface area (Å²) in [5, 5.41) is 3.02. The predicted molar refractivity (Wildman–Crippen MR) is 114 cm³/mol. The van der Waals surface area contributed by atoms with Gasteiger partial charge >= 0.3 is 6.03 Å².